The molecule has 0 unspecified atom stereocenters. The van der Waals surface area contributed by atoms with Crippen LogP contribution in [0.2, 0.25) is 0 Å². The van der Waals surface area contributed by atoms with Crippen molar-refractivity contribution in [3.8, 4) is 0 Å². The lowest BCUT2D eigenvalue weighted by Gasteiger charge is -2.21. The van der Waals surface area contributed by atoms with E-state index in [1.807, 2.05) is 13.8 Å². The highest BCUT2D eigenvalue weighted by Crippen LogP contribution is 2.16. The van der Waals surface area contributed by atoms with Crippen LogP contribution in [0.25, 0.3) is 0 Å². The minimum Gasteiger partial charge on any atom is -0.319 e. The second-order valence-corrected chi connectivity index (χ2v) is 3.72. The van der Waals surface area contributed by atoms with E-state index in [0.717, 1.165) is 0 Å². The minimum atomic E-state index is -0.430. The van der Waals surface area contributed by atoms with E-state index < -0.39 is 5.41 Å². The van der Waals surface area contributed by atoms with E-state index in [2.05, 4.69) is 5.32 Å². The number of nitrogens with one attached hydrogen (secondary N) is 1. The number of hydrogen-bond donors (Lipinski definition) is 1. The summed E-state index contributed by atoms with van der Waals surface area (Å²) in [5.41, 5.74) is -0.430. The SMILES string of the molecule is CNCC(C)(C)C(=O)CC(C)=O. The van der Waals surface area contributed by atoms with Gasteiger partial charge in [-0.25, -0.2) is 0 Å². The van der Waals surface area contributed by atoms with Gasteiger partial charge >= 0.3 is 0 Å². The van der Waals surface area contributed by atoms with Crippen LogP contribution in [0.1, 0.15) is 27.2 Å². The molecule has 12 heavy (non-hydrogen) atoms. The molecule has 1 N–H and O–H groups in total. The molecule has 0 aromatic rings. The van der Waals surface area contributed by atoms with Crippen molar-refractivity contribution in [3.05, 3.63) is 0 Å². The fraction of sp³-hybridized carbons (Fsp3) is 0.778. The van der Waals surface area contributed by atoms with Crippen LogP contribution in [0, 0.1) is 5.41 Å². The first-order valence-electron chi connectivity index (χ1n) is 4.07. The molecular weight excluding hydrogens is 154 g/mol. The summed E-state index contributed by atoms with van der Waals surface area (Å²) in [6.45, 7) is 5.73. The molecule has 0 amide bonds. The molecule has 3 nitrogen and oxygen atoms in total. The average molecular weight is 171 g/mol. The molecule has 0 heterocycles. The zero-order valence-electron chi connectivity index (χ0n) is 8.23. The summed E-state index contributed by atoms with van der Waals surface area (Å²) in [6.07, 6.45) is 0.0503. The summed E-state index contributed by atoms with van der Waals surface area (Å²) in [6, 6.07) is 0. The van der Waals surface area contributed by atoms with E-state index in [4.69, 9.17) is 0 Å². The minimum absolute atomic E-state index is 0.00403. The van der Waals surface area contributed by atoms with Crippen molar-refractivity contribution in [1.82, 2.24) is 5.32 Å². The van der Waals surface area contributed by atoms with Crippen molar-refractivity contribution in [1.29, 1.82) is 0 Å². The number of Topliss-reactive ketones (excluding diaryl/α,β-unsaturated/α-hetero) is 2. The van der Waals surface area contributed by atoms with E-state index in [1.54, 1.807) is 7.05 Å². The van der Waals surface area contributed by atoms with E-state index in [1.165, 1.54) is 6.92 Å². The number of ketones is 2. The molecule has 0 atom stereocenters. The number of hydrogen-bond acceptors (Lipinski definition) is 3. The highest BCUT2D eigenvalue weighted by atomic mass is 16.1. The summed E-state index contributed by atoms with van der Waals surface area (Å²) in [4.78, 5) is 22.1. The van der Waals surface area contributed by atoms with Gasteiger partial charge in [0.1, 0.15) is 11.6 Å². The maximum absolute atomic E-state index is 11.4. The van der Waals surface area contributed by atoms with Crippen molar-refractivity contribution in [3.63, 3.8) is 0 Å². The number of carbonyl (C=O) groups excluding carboxylic acids is 2. The molecule has 0 radical (unpaired) electrons. The molecule has 0 aliphatic rings. The van der Waals surface area contributed by atoms with Gasteiger partial charge in [-0.15, -0.1) is 0 Å². The van der Waals surface area contributed by atoms with Crippen molar-refractivity contribution in [2.24, 2.45) is 5.41 Å². The lowest BCUT2D eigenvalue weighted by molar-refractivity contribution is -0.131. The molecule has 0 aromatic carbocycles. The van der Waals surface area contributed by atoms with Gasteiger partial charge in [0.05, 0.1) is 6.42 Å². The van der Waals surface area contributed by atoms with Gasteiger partial charge in [-0.05, 0) is 14.0 Å². The van der Waals surface area contributed by atoms with Crippen LogP contribution in [0.4, 0.5) is 0 Å². The number of rotatable bonds is 5. The van der Waals surface area contributed by atoms with Gasteiger partial charge in [0.15, 0.2) is 0 Å². The Balaban J connectivity index is 4.15. The largest absolute Gasteiger partial charge is 0.319 e. The van der Waals surface area contributed by atoms with Crippen LogP contribution < -0.4 is 5.32 Å². The lowest BCUT2D eigenvalue weighted by Crippen LogP contribution is -2.35. The topological polar surface area (TPSA) is 46.2 Å². The first-order valence-corrected chi connectivity index (χ1v) is 4.07. The van der Waals surface area contributed by atoms with Crippen LogP contribution in [0.15, 0.2) is 0 Å². The monoisotopic (exact) mass is 171 g/mol. The van der Waals surface area contributed by atoms with E-state index in [0.29, 0.717) is 6.54 Å². The Bertz CT molecular complexity index is 185. The molecule has 0 bridgehead atoms. The fourth-order valence-electron chi connectivity index (χ4n) is 1.01. The van der Waals surface area contributed by atoms with E-state index >= 15 is 0 Å². The molecule has 70 valence electrons. The highest BCUT2D eigenvalue weighted by Gasteiger charge is 2.26. The Morgan fingerprint density at radius 2 is 1.83 bits per heavy atom. The van der Waals surface area contributed by atoms with Crippen LogP contribution >= 0.6 is 0 Å². The normalized spacial score (nSPS) is 11.3. The van der Waals surface area contributed by atoms with Gasteiger partial charge < -0.3 is 5.32 Å². The zero-order chi connectivity index (χ0) is 9.78. The van der Waals surface area contributed by atoms with Crippen molar-refractivity contribution >= 4 is 11.6 Å². The fourth-order valence-corrected chi connectivity index (χ4v) is 1.01. The Morgan fingerprint density at radius 1 is 1.33 bits per heavy atom. The molecule has 0 aromatic heterocycles. The standard InChI is InChI=1S/C9H17NO2/c1-7(11)5-8(12)9(2,3)6-10-4/h10H,5-6H2,1-4H3. The second-order valence-electron chi connectivity index (χ2n) is 3.72. The Hall–Kier alpha value is -0.700. The molecule has 0 rings (SSSR count). The van der Waals surface area contributed by atoms with Gasteiger partial charge in [0, 0.05) is 12.0 Å². The Kier molecular flexibility index (Phi) is 4.10. The van der Waals surface area contributed by atoms with Gasteiger partial charge in [-0.3, -0.25) is 9.59 Å². The van der Waals surface area contributed by atoms with Gasteiger partial charge in [-0.2, -0.15) is 0 Å². The lowest BCUT2D eigenvalue weighted by atomic mass is 9.85. The third kappa shape index (κ3) is 3.62. The molecule has 0 aliphatic carbocycles. The highest BCUT2D eigenvalue weighted by molar-refractivity contribution is 6.00. The predicted molar refractivity (Wildman–Crippen MR) is 48.0 cm³/mol. The predicted octanol–water partition coefficient (Wildman–Crippen LogP) is 0.780. The van der Waals surface area contributed by atoms with Crippen molar-refractivity contribution in [2.75, 3.05) is 13.6 Å². The summed E-state index contributed by atoms with van der Waals surface area (Å²) < 4.78 is 0. The maximum Gasteiger partial charge on any atom is 0.147 e. The van der Waals surface area contributed by atoms with E-state index in [-0.39, 0.29) is 18.0 Å². The summed E-state index contributed by atoms with van der Waals surface area (Å²) in [5.74, 6) is -0.0615. The molecular formula is C9H17NO2. The zero-order valence-corrected chi connectivity index (χ0v) is 8.23. The first-order chi connectivity index (χ1) is 5.40. The van der Waals surface area contributed by atoms with Crippen molar-refractivity contribution < 1.29 is 9.59 Å². The molecule has 0 saturated heterocycles. The van der Waals surface area contributed by atoms with Gasteiger partial charge in [-0.1, -0.05) is 13.8 Å². The summed E-state index contributed by atoms with van der Waals surface area (Å²) >= 11 is 0. The molecule has 0 spiro atoms. The molecule has 0 aliphatic heterocycles. The van der Waals surface area contributed by atoms with Crippen LogP contribution in [-0.4, -0.2) is 25.2 Å². The van der Waals surface area contributed by atoms with Gasteiger partial charge in [0.25, 0.3) is 0 Å². The third-order valence-corrected chi connectivity index (χ3v) is 1.78. The number of carbonyl (C=O) groups is 2. The van der Waals surface area contributed by atoms with Crippen LogP contribution in [-0.2, 0) is 9.59 Å². The average Bonchev–Trinajstić information content (AvgIpc) is 1.85. The maximum atomic E-state index is 11.4. The molecule has 3 heteroatoms. The Labute approximate surface area is 73.5 Å². The molecule has 0 saturated carbocycles. The smallest absolute Gasteiger partial charge is 0.147 e. The molecule has 0 fully saturated rings. The first kappa shape index (κ1) is 11.3. The van der Waals surface area contributed by atoms with Crippen LogP contribution in [0.5, 0.6) is 0 Å². The Morgan fingerprint density at radius 3 is 2.17 bits per heavy atom. The van der Waals surface area contributed by atoms with E-state index in [9.17, 15) is 9.59 Å². The second kappa shape index (κ2) is 4.36. The van der Waals surface area contributed by atoms with Crippen LogP contribution in [0.3, 0.4) is 0 Å². The third-order valence-electron chi connectivity index (χ3n) is 1.78. The van der Waals surface area contributed by atoms with Gasteiger partial charge in [0.2, 0.25) is 0 Å². The summed E-state index contributed by atoms with van der Waals surface area (Å²) in [7, 11) is 1.79. The summed E-state index contributed by atoms with van der Waals surface area (Å²) in [5, 5.41) is 2.93. The van der Waals surface area contributed by atoms with Crippen molar-refractivity contribution in [2.45, 2.75) is 27.2 Å². The quantitative estimate of drug-likeness (QED) is 0.622.